The van der Waals surface area contributed by atoms with Gasteiger partial charge in [0.25, 0.3) is 14.4 Å². The summed E-state index contributed by atoms with van der Waals surface area (Å²) in [7, 11) is -1.57. The number of benzene rings is 1. The second-order valence-electron chi connectivity index (χ2n) is 11.3. The smallest absolute Gasteiger partial charge is 0.306 e. The summed E-state index contributed by atoms with van der Waals surface area (Å²) in [4.78, 5) is 50.1. The van der Waals surface area contributed by atoms with Gasteiger partial charge in [0.2, 0.25) is 0 Å². The van der Waals surface area contributed by atoms with Gasteiger partial charge in [-0.05, 0) is 46.8 Å². The molecule has 246 valence electrons. The molecule has 1 N–H and O–H groups in total. The highest BCUT2D eigenvalue weighted by Gasteiger charge is 2.41. The van der Waals surface area contributed by atoms with E-state index in [-0.39, 0.29) is 68.5 Å². The van der Waals surface area contributed by atoms with Crippen molar-refractivity contribution >= 4 is 43.2 Å². The zero-order valence-corrected chi connectivity index (χ0v) is 27.6. The number of Topliss-reactive ketones (excluding diaryl/α,β-unsaturated/α-hetero) is 1. The molecule has 4 atom stereocenters. The molecule has 15 heteroatoms. The van der Waals surface area contributed by atoms with Crippen molar-refractivity contribution in [3.05, 3.63) is 48.5 Å². The van der Waals surface area contributed by atoms with Crippen LogP contribution in [0.15, 0.2) is 43.0 Å². The van der Waals surface area contributed by atoms with Crippen LogP contribution in [0.25, 0.3) is 11.2 Å². The monoisotopic (exact) mass is 653 g/mol. The Hall–Kier alpha value is -3.86. The average molecular weight is 654 g/mol. The molecule has 1 fully saturated rings. The minimum atomic E-state index is -1.57. The maximum absolute atomic E-state index is 12.8. The topological polar surface area (TPSA) is 171 Å². The highest BCUT2D eigenvalue weighted by molar-refractivity contribution is 7.44. The normalized spacial score (nSPS) is 18.6. The standard InChI is InChI=1S/C31H40N7O7P/c1-20(2)38(21(3)4)46(42-15-9-14-32)43-17-25-24(45-27(40)13-12-22(5)39)16-26(44-25)37-19-35-28-29(33-18-34-30(28)37)36-31(41)23-10-7-6-8-11-23/h6-8,10-11,18-21,24-26H,9,12-13,15-17H2,1-5H3,(H,33,34,36,41)/t24-,25-,26-,46?/m1/s1. The molecule has 1 amide bonds. The number of nitrogens with zero attached hydrogens (tertiary/aromatic N) is 6. The van der Waals surface area contributed by atoms with Gasteiger partial charge in [0.1, 0.15) is 30.5 Å². The molecule has 1 aliphatic rings. The maximum Gasteiger partial charge on any atom is 0.306 e. The van der Waals surface area contributed by atoms with Crippen LogP contribution in [-0.2, 0) is 28.1 Å². The van der Waals surface area contributed by atoms with Crippen molar-refractivity contribution in [2.24, 2.45) is 0 Å². The van der Waals surface area contributed by atoms with Gasteiger partial charge in [0.15, 0.2) is 17.0 Å². The first-order valence-corrected chi connectivity index (χ1v) is 16.3. The van der Waals surface area contributed by atoms with Crippen molar-refractivity contribution in [3.8, 4) is 6.07 Å². The first-order valence-electron chi connectivity index (χ1n) is 15.2. The van der Waals surface area contributed by atoms with Crippen LogP contribution < -0.4 is 5.32 Å². The number of carbonyl (C=O) groups is 3. The van der Waals surface area contributed by atoms with E-state index >= 15 is 0 Å². The van der Waals surface area contributed by atoms with Gasteiger partial charge in [-0.25, -0.2) is 19.6 Å². The number of nitrogens with one attached hydrogen (secondary N) is 1. The molecule has 3 aromatic rings. The lowest BCUT2D eigenvalue weighted by molar-refractivity contribution is -0.153. The number of hydrogen-bond donors (Lipinski definition) is 1. The number of nitriles is 1. The maximum atomic E-state index is 12.8. The van der Waals surface area contributed by atoms with E-state index in [9.17, 15) is 14.4 Å². The van der Waals surface area contributed by atoms with Crippen LogP contribution in [0.1, 0.15) is 76.9 Å². The molecule has 3 heterocycles. The third-order valence-electron chi connectivity index (χ3n) is 7.09. The zero-order chi connectivity index (χ0) is 33.2. The third kappa shape index (κ3) is 9.11. The van der Waals surface area contributed by atoms with E-state index in [1.807, 2.05) is 33.8 Å². The predicted octanol–water partition coefficient (Wildman–Crippen LogP) is 4.94. The first kappa shape index (κ1) is 35.0. The van der Waals surface area contributed by atoms with Gasteiger partial charge in [-0.15, -0.1) is 0 Å². The first-order chi connectivity index (χ1) is 22.1. The number of imidazole rings is 1. The predicted molar refractivity (Wildman–Crippen MR) is 169 cm³/mol. The summed E-state index contributed by atoms with van der Waals surface area (Å²) in [6, 6.07) is 11.0. The van der Waals surface area contributed by atoms with Crippen molar-refractivity contribution < 1.29 is 32.9 Å². The molecule has 0 spiro atoms. The van der Waals surface area contributed by atoms with Gasteiger partial charge in [0.05, 0.1) is 38.5 Å². The molecule has 0 aliphatic carbocycles. The molecule has 1 aromatic carbocycles. The van der Waals surface area contributed by atoms with Crippen LogP contribution >= 0.6 is 8.53 Å². The van der Waals surface area contributed by atoms with Gasteiger partial charge >= 0.3 is 5.97 Å². The Morgan fingerprint density at radius 1 is 1.11 bits per heavy atom. The second kappa shape index (κ2) is 16.6. The van der Waals surface area contributed by atoms with Crippen LogP contribution in [0.5, 0.6) is 0 Å². The summed E-state index contributed by atoms with van der Waals surface area (Å²) in [5, 5.41) is 11.8. The second-order valence-corrected chi connectivity index (χ2v) is 12.8. The largest absolute Gasteiger partial charge is 0.459 e. The summed E-state index contributed by atoms with van der Waals surface area (Å²) in [6.07, 6.45) is 1.33. The molecular weight excluding hydrogens is 613 g/mol. The van der Waals surface area contributed by atoms with Crippen LogP contribution in [-0.4, -0.2) is 79.4 Å². The molecule has 1 unspecified atom stereocenters. The number of amides is 1. The molecular formula is C31H40N7O7P. The Kier molecular flexibility index (Phi) is 12.7. The Labute approximate surface area is 269 Å². The molecule has 46 heavy (non-hydrogen) atoms. The van der Waals surface area contributed by atoms with Crippen LogP contribution in [0.4, 0.5) is 5.82 Å². The highest BCUT2D eigenvalue weighted by Crippen LogP contribution is 2.47. The van der Waals surface area contributed by atoms with Gasteiger partial charge in [0, 0.05) is 30.5 Å². The minimum Gasteiger partial charge on any atom is -0.459 e. The lowest BCUT2D eigenvalue weighted by Crippen LogP contribution is -2.36. The Balaban J connectivity index is 1.55. The molecule has 0 radical (unpaired) electrons. The summed E-state index contributed by atoms with van der Waals surface area (Å²) in [5.41, 5.74) is 1.25. The molecule has 0 saturated carbocycles. The van der Waals surface area contributed by atoms with E-state index in [1.165, 1.54) is 19.6 Å². The van der Waals surface area contributed by atoms with Gasteiger partial charge in [-0.3, -0.25) is 14.2 Å². The number of rotatable bonds is 16. The van der Waals surface area contributed by atoms with E-state index in [4.69, 9.17) is 23.8 Å². The molecule has 4 rings (SSSR count). The fourth-order valence-corrected chi connectivity index (χ4v) is 6.64. The molecule has 0 bridgehead atoms. The fraction of sp³-hybridized carbons (Fsp3) is 0.516. The lowest BCUT2D eigenvalue weighted by atomic mass is 10.2. The minimum absolute atomic E-state index is 0.0371. The van der Waals surface area contributed by atoms with E-state index in [0.29, 0.717) is 16.7 Å². The van der Waals surface area contributed by atoms with Crippen molar-refractivity contribution in [2.45, 2.75) is 90.8 Å². The Bertz CT molecular complexity index is 1520. The van der Waals surface area contributed by atoms with E-state index in [2.05, 4.69) is 31.0 Å². The van der Waals surface area contributed by atoms with Crippen LogP contribution in [0, 0.1) is 11.3 Å². The van der Waals surface area contributed by atoms with Crippen molar-refractivity contribution in [1.29, 1.82) is 5.26 Å². The number of carbonyl (C=O) groups excluding carboxylic acids is 3. The number of esters is 1. The molecule has 1 saturated heterocycles. The Morgan fingerprint density at radius 3 is 2.52 bits per heavy atom. The average Bonchev–Trinajstić information content (AvgIpc) is 3.63. The van der Waals surface area contributed by atoms with Crippen molar-refractivity contribution in [3.63, 3.8) is 0 Å². The number of fused-ring (bicyclic) bond motifs is 1. The zero-order valence-electron chi connectivity index (χ0n) is 26.7. The summed E-state index contributed by atoms with van der Waals surface area (Å²) >= 11 is 0. The number of hydrogen-bond acceptors (Lipinski definition) is 12. The quantitative estimate of drug-likeness (QED) is 0.126. The number of aromatic nitrogens is 4. The molecule has 1 aliphatic heterocycles. The SMILES string of the molecule is CC(=O)CCC(=O)O[C@@H]1C[C@H](n2cnc3c(NC(=O)c4ccccc4)ncnc32)O[C@@H]1COP(OCCC#N)N(C(C)C)C(C)C. The number of ether oxygens (including phenoxy) is 2. The summed E-state index contributed by atoms with van der Waals surface area (Å²) < 4.78 is 28.4. The van der Waals surface area contributed by atoms with Crippen LogP contribution in [0.3, 0.4) is 0 Å². The lowest BCUT2D eigenvalue weighted by Gasteiger charge is -2.36. The van der Waals surface area contributed by atoms with Crippen LogP contribution in [0.2, 0.25) is 0 Å². The number of ketones is 1. The Morgan fingerprint density at radius 2 is 1.85 bits per heavy atom. The van der Waals surface area contributed by atoms with E-state index in [0.717, 1.165) is 0 Å². The van der Waals surface area contributed by atoms with E-state index < -0.39 is 32.9 Å². The third-order valence-corrected chi connectivity index (χ3v) is 9.17. The summed E-state index contributed by atoms with van der Waals surface area (Å²) in [6.45, 7) is 9.82. The molecule has 14 nitrogen and oxygen atoms in total. The van der Waals surface area contributed by atoms with Crippen molar-refractivity contribution in [1.82, 2.24) is 24.2 Å². The summed E-state index contributed by atoms with van der Waals surface area (Å²) in [5.74, 6) is -0.728. The van der Waals surface area contributed by atoms with E-state index in [1.54, 1.807) is 28.8 Å². The fourth-order valence-electron chi connectivity index (χ4n) is 5.03. The number of anilines is 1. The van der Waals surface area contributed by atoms with Gasteiger partial charge < -0.3 is 28.6 Å². The van der Waals surface area contributed by atoms with Gasteiger partial charge in [-0.2, -0.15) is 5.26 Å². The molecule has 2 aromatic heterocycles. The van der Waals surface area contributed by atoms with Crippen molar-refractivity contribution in [2.75, 3.05) is 18.5 Å². The highest BCUT2D eigenvalue weighted by atomic mass is 31.2. The van der Waals surface area contributed by atoms with Gasteiger partial charge in [-0.1, -0.05) is 18.2 Å².